The van der Waals surface area contributed by atoms with Crippen LogP contribution in [0.25, 0.3) is 22.1 Å². The van der Waals surface area contributed by atoms with Gasteiger partial charge in [-0.15, -0.1) is 0 Å². The van der Waals surface area contributed by atoms with Gasteiger partial charge in [-0.25, -0.2) is 9.59 Å². The lowest BCUT2D eigenvalue weighted by Gasteiger charge is -2.27. The van der Waals surface area contributed by atoms with Gasteiger partial charge in [0, 0.05) is 17.5 Å². The van der Waals surface area contributed by atoms with Crippen molar-refractivity contribution < 1.29 is 31.9 Å². The molecule has 5 nitrogen and oxygen atoms in total. The van der Waals surface area contributed by atoms with E-state index in [2.05, 4.69) is 6.58 Å². The molecule has 2 aromatic carbocycles. The number of benzene rings is 2. The molecule has 166 valence electrons. The highest BCUT2D eigenvalue weighted by Gasteiger charge is 2.55. The maximum Gasteiger partial charge on any atom is 0.398 e. The number of hydrogen-bond donors (Lipinski definition) is 0. The van der Waals surface area contributed by atoms with Gasteiger partial charge in [0.15, 0.2) is 0 Å². The molecule has 1 fully saturated rings. The van der Waals surface area contributed by atoms with Crippen LogP contribution in [0.1, 0.15) is 12.8 Å². The first kappa shape index (κ1) is 21.7. The molecule has 0 saturated heterocycles. The highest BCUT2D eigenvalue weighted by atomic mass is 19.4. The minimum atomic E-state index is -4.62. The Balaban J connectivity index is 1.60. The van der Waals surface area contributed by atoms with Crippen molar-refractivity contribution in [3.63, 3.8) is 0 Å². The van der Waals surface area contributed by atoms with Gasteiger partial charge in [0.2, 0.25) is 0 Å². The third kappa shape index (κ3) is 4.39. The van der Waals surface area contributed by atoms with Gasteiger partial charge < -0.3 is 13.9 Å². The third-order valence-electron chi connectivity index (χ3n) is 5.43. The van der Waals surface area contributed by atoms with E-state index < -0.39 is 35.9 Å². The first-order valence-electron chi connectivity index (χ1n) is 9.96. The van der Waals surface area contributed by atoms with E-state index in [9.17, 15) is 22.8 Å². The van der Waals surface area contributed by atoms with Crippen LogP contribution in [-0.4, -0.2) is 24.4 Å². The summed E-state index contributed by atoms with van der Waals surface area (Å²) in [5, 5.41) is 0.604. The summed E-state index contributed by atoms with van der Waals surface area (Å²) in [6, 6.07) is 15.2. The van der Waals surface area contributed by atoms with Crippen LogP contribution in [0.3, 0.4) is 0 Å². The van der Waals surface area contributed by atoms with Gasteiger partial charge in [-0.05, 0) is 36.6 Å². The number of hydrogen-bond acceptors (Lipinski definition) is 5. The molecule has 1 heterocycles. The largest absolute Gasteiger partial charge is 0.489 e. The Kier molecular flexibility index (Phi) is 5.78. The third-order valence-corrected chi connectivity index (χ3v) is 5.43. The molecule has 0 amide bonds. The number of carbonyl (C=O) groups is 1. The van der Waals surface area contributed by atoms with E-state index >= 15 is 0 Å². The van der Waals surface area contributed by atoms with Crippen LogP contribution in [-0.2, 0) is 9.53 Å². The molecule has 4 rings (SSSR count). The Hall–Kier alpha value is -3.55. The van der Waals surface area contributed by atoms with E-state index in [1.807, 2.05) is 6.07 Å². The number of rotatable bonds is 5. The molecule has 1 aliphatic carbocycles. The predicted octanol–water partition coefficient (Wildman–Crippen LogP) is 5.28. The predicted molar refractivity (Wildman–Crippen MR) is 111 cm³/mol. The van der Waals surface area contributed by atoms with E-state index in [0.717, 1.165) is 6.08 Å². The minimum Gasteiger partial charge on any atom is -0.489 e. The average Bonchev–Trinajstić information content (AvgIpc) is 3.16. The zero-order valence-corrected chi connectivity index (χ0v) is 16.8. The lowest BCUT2D eigenvalue weighted by atomic mass is 10.0. The maximum atomic E-state index is 13.7. The molecule has 0 N–H and O–H groups in total. The van der Waals surface area contributed by atoms with Crippen LogP contribution in [0.15, 0.2) is 76.5 Å². The number of ether oxygens (including phenoxy) is 2. The summed E-state index contributed by atoms with van der Waals surface area (Å²) in [6.07, 6.45) is -6.33. The Morgan fingerprint density at radius 2 is 1.78 bits per heavy atom. The first-order chi connectivity index (χ1) is 15.3. The topological polar surface area (TPSA) is 65.7 Å². The first-order valence-corrected chi connectivity index (χ1v) is 9.96. The molecule has 8 heteroatoms. The average molecular weight is 444 g/mol. The van der Waals surface area contributed by atoms with Crippen molar-refractivity contribution in [2.45, 2.75) is 31.2 Å². The summed E-state index contributed by atoms with van der Waals surface area (Å²) < 4.78 is 56.9. The zero-order valence-electron chi connectivity index (χ0n) is 16.8. The van der Waals surface area contributed by atoms with Gasteiger partial charge in [0.1, 0.15) is 29.5 Å². The van der Waals surface area contributed by atoms with Gasteiger partial charge in [-0.1, -0.05) is 36.9 Å². The normalized spacial score (nSPS) is 20.8. The van der Waals surface area contributed by atoms with Crippen molar-refractivity contribution in [2.24, 2.45) is 5.92 Å². The second kappa shape index (κ2) is 8.53. The summed E-state index contributed by atoms with van der Waals surface area (Å²) in [4.78, 5) is 23.9. The van der Waals surface area contributed by atoms with Crippen molar-refractivity contribution >= 4 is 16.9 Å². The quantitative estimate of drug-likeness (QED) is 0.304. The summed E-state index contributed by atoms with van der Waals surface area (Å²) in [7, 11) is 0. The highest BCUT2D eigenvalue weighted by molar-refractivity contribution is 5.83. The minimum absolute atomic E-state index is 0.0114. The standard InChI is InChI=1S/C24H19F3O5/c1-2-21(28)31-19-11-10-18(22(19)24(25,26)27)30-16-9-8-15-12-17(14-6-4-3-5-7-14)23(29)32-20(15)13-16/h2-9,12-13,18-19,22H,1,10-11H2. The Morgan fingerprint density at radius 3 is 2.47 bits per heavy atom. The summed E-state index contributed by atoms with van der Waals surface area (Å²) >= 11 is 0. The number of esters is 1. The summed E-state index contributed by atoms with van der Waals surface area (Å²) in [5.41, 5.74) is 0.712. The van der Waals surface area contributed by atoms with Crippen molar-refractivity contribution in [1.82, 2.24) is 0 Å². The molecule has 0 spiro atoms. The molecule has 3 atom stereocenters. The van der Waals surface area contributed by atoms with Crippen LogP contribution in [0.5, 0.6) is 5.75 Å². The fraction of sp³-hybridized carbons (Fsp3) is 0.250. The summed E-state index contributed by atoms with van der Waals surface area (Å²) in [5.74, 6) is -2.76. The van der Waals surface area contributed by atoms with Crippen LogP contribution >= 0.6 is 0 Å². The molecule has 3 unspecified atom stereocenters. The molecule has 32 heavy (non-hydrogen) atoms. The monoisotopic (exact) mass is 444 g/mol. The van der Waals surface area contributed by atoms with Gasteiger partial charge in [0.05, 0.1) is 5.56 Å². The van der Waals surface area contributed by atoms with Crippen LogP contribution in [0.4, 0.5) is 13.2 Å². The Morgan fingerprint density at radius 1 is 1.06 bits per heavy atom. The van der Waals surface area contributed by atoms with E-state index in [1.54, 1.807) is 36.4 Å². The number of alkyl halides is 3. The molecule has 0 aliphatic heterocycles. The fourth-order valence-corrected chi connectivity index (χ4v) is 3.97. The van der Waals surface area contributed by atoms with Gasteiger partial charge in [0.25, 0.3) is 0 Å². The Labute approximate surface area is 181 Å². The SMILES string of the molecule is C=CC(=O)OC1CCC(Oc2ccc3cc(-c4ccccc4)c(=O)oc3c2)C1C(F)(F)F. The van der Waals surface area contributed by atoms with Crippen molar-refractivity contribution in [3.05, 3.63) is 77.7 Å². The van der Waals surface area contributed by atoms with E-state index in [-0.39, 0.29) is 24.2 Å². The molecule has 0 radical (unpaired) electrons. The van der Waals surface area contributed by atoms with Gasteiger partial charge in [-0.2, -0.15) is 13.2 Å². The van der Waals surface area contributed by atoms with E-state index in [4.69, 9.17) is 13.9 Å². The maximum absolute atomic E-state index is 13.7. The molecule has 3 aromatic rings. The molecule has 0 bridgehead atoms. The van der Waals surface area contributed by atoms with Gasteiger partial charge in [-0.3, -0.25) is 0 Å². The van der Waals surface area contributed by atoms with Crippen LogP contribution in [0.2, 0.25) is 0 Å². The second-order valence-electron chi connectivity index (χ2n) is 7.49. The van der Waals surface area contributed by atoms with E-state index in [0.29, 0.717) is 16.5 Å². The molecular formula is C24H19F3O5. The van der Waals surface area contributed by atoms with Crippen molar-refractivity contribution in [3.8, 4) is 16.9 Å². The molecule has 1 aromatic heterocycles. The second-order valence-corrected chi connectivity index (χ2v) is 7.49. The Bertz CT molecular complexity index is 1200. The lowest BCUT2D eigenvalue weighted by molar-refractivity contribution is -0.214. The number of fused-ring (bicyclic) bond motifs is 1. The molecule has 1 aliphatic rings. The van der Waals surface area contributed by atoms with Crippen molar-refractivity contribution in [2.75, 3.05) is 0 Å². The molecule has 1 saturated carbocycles. The zero-order chi connectivity index (χ0) is 22.9. The molecular weight excluding hydrogens is 425 g/mol. The van der Waals surface area contributed by atoms with Crippen LogP contribution < -0.4 is 10.4 Å². The van der Waals surface area contributed by atoms with Gasteiger partial charge >= 0.3 is 17.8 Å². The smallest absolute Gasteiger partial charge is 0.398 e. The summed E-state index contributed by atoms with van der Waals surface area (Å²) in [6.45, 7) is 3.22. The highest BCUT2D eigenvalue weighted by Crippen LogP contribution is 2.43. The van der Waals surface area contributed by atoms with Crippen LogP contribution in [0, 0.1) is 5.92 Å². The number of halogens is 3. The fourth-order valence-electron chi connectivity index (χ4n) is 3.97. The lowest BCUT2D eigenvalue weighted by Crippen LogP contribution is -2.41. The van der Waals surface area contributed by atoms with E-state index in [1.165, 1.54) is 12.1 Å². The number of carbonyl (C=O) groups excluding carboxylic acids is 1. The van der Waals surface area contributed by atoms with Crippen molar-refractivity contribution in [1.29, 1.82) is 0 Å².